The monoisotopic (exact) mass is 515 g/mol. The van der Waals surface area contributed by atoms with E-state index in [-0.39, 0.29) is 29.8 Å². The maximum Gasteiger partial charge on any atom is 0.408 e. The summed E-state index contributed by atoms with van der Waals surface area (Å²) in [6.07, 6.45) is 4.34. The Labute approximate surface area is 224 Å². The molecule has 0 saturated heterocycles. The van der Waals surface area contributed by atoms with Crippen LogP contribution in [0.4, 0.5) is 4.79 Å². The molecule has 37 heavy (non-hydrogen) atoms. The van der Waals surface area contributed by atoms with Gasteiger partial charge < -0.3 is 20.3 Å². The van der Waals surface area contributed by atoms with Gasteiger partial charge >= 0.3 is 6.09 Å². The molecule has 1 aliphatic rings. The second-order valence-corrected chi connectivity index (χ2v) is 12.1. The summed E-state index contributed by atoms with van der Waals surface area (Å²) in [7, 11) is 0. The van der Waals surface area contributed by atoms with Gasteiger partial charge in [0.15, 0.2) is 0 Å². The van der Waals surface area contributed by atoms with Crippen molar-refractivity contribution in [2.24, 2.45) is 5.92 Å². The minimum absolute atomic E-state index is 0.00422. The van der Waals surface area contributed by atoms with Gasteiger partial charge in [-0.05, 0) is 90.7 Å². The molecule has 1 aromatic rings. The minimum atomic E-state index is -0.787. The van der Waals surface area contributed by atoms with E-state index in [1.54, 1.807) is 25.7 Å². The molecular formula is C30H49N3O4. The van der Waals surface area contributed by atoms with Crippen LogP contribution in [0.15, 0.2) is 18.2 Å². The highest BCUT2D eigenvalue weighted by molar-refractivity contribution is 5.92. The highest BCUT2D eigenvalue weighted by atomic mass is 16.6. The zero-order chi connectivity index (χ0) is 27.9. The standard InChI is InChI=1S/C30H49N3O4/c1-10-12-22(6)31-27(34)26(24-16-15-20(4)18-21(24)5)33(23-13-11-14-23)28(35)25(17-19(2)3)32-29(36)37-30(7,8)9/h15-16,18-19,22-23,25-26H,10-14,17H2,1-9H3,(H,31,34)(H,32,36). The van der Waals surface area contributed by atoms with Crippen LogP contribution in [0.3, 0.4) is 0 Å². The molecule has 7 heteroatoms. The molecule has 3 atom stereocenters. The molecule has 0 spiro atoms. The lowest BCUT2D eigenvalue weighted by Gasteiger charge is -2.44. The van der Waals surface area contributed by atoms with Crippen molar-refractivity contribution in [1.82, 2.24) is 15.5 Å². The zero-order valence-corrected chi connectivity index (χ0v) is 24.4. The third kappa shape index (κ3) is 9.04. The summed E-state index contributed by atoms with van der Waals surface area (Å²) < 4.78 is 5.48. The van der Waals surface area contributed by atoms with Crippen molar-refractivity contribution in [2.75, 3.05) is 0 Å². The van der Waals surface area contributed by atoms with E-state index in [1.165, 1.54) is 0 Å². The Morgan fingerprint density at radius 1 is 1.08 bits per heavy atom. The van der Waals surface area contributed by atoms with Crippen molar-refractivity contribution in [3.63, 3.8) is 0 Å². The molecule has 0 bridgehead atoms. The third-order valence-corrected chi connectivity index (χ3v) is 6.78. The van der Waals surface area contributed by atoms with Gasteiger partial charge in [0.2, 0.25) is 11.8 Å². The van der Waals surface area contributed by atoms with Crippen molar-refractivity contribution in [3.05, 3.63) is 34.9 Å². The molecule has 2 N–H and O–H groups in total. The van der Waals surface area contributed by atoms with E-state index in [4.69, 9.17) is 4.74 Å². The number of aryl methyl sites for hydroxylation is 2. The molecule has 1 aromatic carbocycles. The summed E-state index contributed by atoms with van der Waals surface area (Å²) in [6, 6.07) is 4.40. The van der Waals surface area contributed by atoms with Crippen LogP contribution < -0.4 is 10.6 Å². The second kappa shape index (κ2) is 13.3. The summed E-state index contributed by atoms with van der Waals surface area (Å²) in [5.41, 5.74) is 2.22. The van der Waals surface area contributed by atoms with Crippen LogP contribution in [-0.2, 0) is 14.3 Å². The van der Waals surface area contributed by atoms with Crippen molar-refractivity contribution >= 4 is 17.9 Å². The largest absolute Gasteiger partial charge is 0.444 e. The number of rotatable bonds is 11. The fraction of sp³-hybridized carbons (Fsp3) is 0.700. The Kier molecular flexibility index (Phi) is 11.0. The van der Waals surface area contributed by atoms with Crippen LogP contribution in [0.5, 0.6) is 0 Å². The fourth-order valence-electron chi connectivity index (χ4n) is 4.88. The normalized spacial score (nSPS) is 16.4. The van der Waals surface area contributed by atoms with E-state index < -0.39 is 23.8 Å². The van der Waals surface area contributed by atoms with Crippen LogP contribution in [0.2, 0.25) is 0 Å². The Bertz CT molecular complexity index is 933. The first-order valence-corrected chi connectivity index (χ1v) is 13.9. The molecule has 1 aliphatic carbocycles. The predicted molar refractivity (Wildman–Crippen MR) is 148 cm³/mol. The molecule has 1 saturated carbocycles. The Hall–Kier alpha value is -2.57. The van der Waals surface area contributed by atoms with Crippen molar-refractivity contribution in [2.45, 2.75) is 131 Å². The van der Waals surface area contributed by atoms with Gasteiger partial charge in [0.25, 0.3) is 0 Å². The number of nitrogens with one attached hydrogen (secondary N) is 2. The molecule has 3 unspecified atom stereocenters. The lowest BCUT2D eigenvalue weighted by molar-refractivity contribution is -0.148. The number of amides is 3. The van der Waals surface area contributed by atoms with Gasteiger partial charge in [-0.25, -0.2) is 4.79 Å². The lowest BCUT2D eigenvalue weighted by Crippen LogP contribution is -2.58. The first-order chi connectivity index (χ1) is 17.2. The fourth-order valence-corrected chi connectivity index (χ4v) is 4.88. The molecule has 0 radical (unpaired) electrons. The van der Waals surface area contributed by atoms with Crippen molar-refractivity contribution < 1.29 is 19.1 Å². The number of alkyl carbamates (subject to hydrolysis) is 1. The first-order valence-electron chi connectivity index (χ1n) is 13.9. The summed E-state index contributed by atoms with van der Waals surface area (Å²) in [5, 5.41) is 6.00. The zero-order valence-electron chi connectivity index (χ0n) is 24.4. The highest BCUT2D eigenvalue weighted by Crippen LogP contribution is 2.35. The maximum atomic E-state index is 14.3. The molecule has 0 heterocycles. The quantitative estimate of drug-likeness (QED) is 0.380. The van der Waals surface area contributed by atoms with Crippen LogP contribution in [0.1, 0.15) is 110 Å². The smallest absolute Gasteiger partial charge is 0.408 e. The molecule has 2 rings (SSSR count). The van der Waals surface area contributed by atoms with Crippen molar-refractivity contribution in [1.29, 1.82) is 0 Å². The summed E-state index contributed by atoms with van der Waals surface area (Å²) in [5.74, 6) is -0.244. The van der Waals surface area contributed by atoms with E-state index in [1.807, 2.05) is 46.8 Å². The Morgan fingerprint density at radius 2 is 1.73 bits per heavy atom. The molecule has 7 nitrogen and oxygen atoms in total. The van der Waals surface area contributed by atoms with Gasteiger partial charge in [-0.3, -0.25) is 9.59 Å². The summed E-state index contributed by atoms with van der Waals surface area (Å²) >= 11 is 0. The number of nitrogens with zero attached hydrogens (tertiary/aromatic N) is 1. The average molecular weight is 516 g/mol. The second-order valence-electron chi connectivity index (χ2n) is 12.1. The molecule has 1 fully saturated rings. The molecule has 0 aliphatic heterocycles. The van der Waals surface area contributed by atoms with E-state index in [0.717, 1.165) is 48.8 Å². The van der Waals surface area contributed by atoms with E-state index >= 15 is 0 Å². The van der Waals surface area contributed by atoms with Crippen LogP contribution >= 0.6 is 0 Å². The van der Waals surface area contributed by atoms with E-state index in [0.29, 0.717) is 6.42 Å². The molecule has 3 amide bonds. The number of benzene rings is 1. The van der Waals surface area contributed by atoms with Gasteiger partial charge in [0, 0.05) is 12.1 Å². The predicted octanol–water partition coefficient (Wildman–Crippen LogP) is 5.97. The number of hydrogen-bond acceptors (Lipinski definition) is 4. The van der Waals surface area contributed by atoms with Crippen LogP contribution in [0.25, 0.3) is 0 Å². The van der Waals surface area contributed by atoms with E-state index in [9.17, 15) is 14.4 Å². The Balaban J connectivity index is 2.53. The number of carbonyl (C=O) groups is 3. The number of ether oxygens (including phenoxy) is 1. The van der Waals surface area contributed by atoms with E-state index in [2.05, 4.69) is 23.6 Å². The molecule has 208 valence electrons. The highest BCUT2D eigenvalue weighted by Gasteiger charge is 2.42. The molecular weight excluding hydrogens is 466 g/mol. The van der Waals surface area contributed by atoms with Gasteiger partial charge in [-0.1, -0.05) is 51.0 Å². The van der Waals surface area contributed by atoms with Gasteiger partial charge in [-0.2, -0.15) is 0 Å². The van der Waals surface area contributed by atoms with Crippen molar-refractivity contribution in [3.8, 4) is 0 Å². The number of carbonyl (C=O) groups excluding carboxylic acids is 3. The summed E-state index contributed by atoms with van der Waals surface area (Å²) in [4.78, 5) is 42.7. The lowest BCUT2D eigenvalue weighted by atomic mass is 9.86. The Morgan fingerprint density at radius 3 is 2.22 bits per heavy atom. The number of hydrogen-bond donors (Lipinski definition) is 2. The first kappa shape index (κ1) is 30.7. The van der Waals surface area contributed by atoms with Gasteiger partial charge in [0.05, 0.1) is 0 Å². The van der Waals surface area contributed by atoms with Gasteiger partial charge in [-0.15, -0.1) is 0 Å². The summed E-state index contributed by atoms with van der Waals surface area (Å²) in [6.45, 7) is 17.5. The van der Waals surface area contributed by atoms with Gasteiger partial charge in [0.1, 0.15) is 17.7 Å². The average Bonchev–Trinajstić information content (AvgIpc) is 2.70. The topological polar surface area (TPSA) is 87.7 Å². The maximum absolute atomic E-state index is 14.3. The van der Waals surface area contributed by atoms with Crippen LogP contribution in [0, 0.1) is 19.8 Å². The SMILES string of the molecule is CCCC(C)NC(=O)C(c1ccc(C)cc1C)N(C(=O)C(CC(C)C)NC(=O)OC(C)(C)C)C1CCC1. The minimum Gasteiger partial charge on any atom is -0.444 e. The molecule has 0 aromatic heterocycles. The van der Waals surface area contributed by atoms with Crippen LogP contribution in [-0.4, -0.2) is 46.5 Å². The third-order valence-electron chi connectivity index (χ3n) is 6.78.